The lowest BCUT2D eigenvalue weighted by molar-refractivity contribution is 0.0991. The van der Waals surface area contributed by atoms with Crippen molar-refractivity contribution < 1.29 is 9.32 Å². The third-order valence-corrected chi connectivity index (χ3v) is 2.77. The van der Waals surface area contributed by atoms with E-state index in [0.717, 1.165) is 4.88 Å². The predicted octanol–water partition coefficient (Wildman–Crippen LogP) is 1.81. The Morgan fingerprint density at radius 2 is 2.43 bits per heavy atom. The molecule has 2 rings (SSSR count). The zero-order valence-electron chi connectivity index (χ0n) is 7.48. The third kappa shape index (κ3) is 1.31. The van der Waals surface area contributed by atoms with Gasteiger partial charge in [-0.15, -0.1) is 11.3 Å². The summed E-state index contributed by atoms with van der Waals surface area (Å²) in [5.74, 6) is 0.0582. The Hall–Kier alpha value is -1.62. The van der Waals surface area contributed by atoms with E-state index < -0.39 is 5.91 Å². The van der Waals surface area contributed by atoms with E-state index in [1.165, 1.54) is 11.3 Å². The number of nitrogens with two attached hydrogens (primary N) is 1. The maximum absolute atomic E-state index is 10.9. The zero-order valence-corrected chi connectivity index (χ0v) is 8.30. The van der Waals surface area contributed by atoms with Crippen molar-refractivity contribution in [3.8, 4) is 10.6 Å². The molecule has 0 saturated carbocycles. The Morgan fingerprint density at radius 3 is 2.93 bits per heavy atom. The normalized spacial score (nSPS) is 10.4. The lowest BCUT2D eigenvalue weighted by Gasteiger charge is -1.90. The largest absolute Gasteiger partial charge is 0.364 e. The van der Waals surface area contributed by atoms with E-state index in [0.29, 0.717) is 11.3 Å². The molecule has 1 amide bonds. The van der Waals surface area contributed by atoms with Gasteiger partial charge in [-0.2, -0.15) is 0 Å². The van der Waals surface area contributed by atoms with Crippen LogP contribution in [0.1, 0.15) is 16.1 Å². The summed E-state index contributed by atoms with van der Waals surface area (Å²) in [6, 6.07) is 3.81. The molecule has 0 bridgehead atoms. The number of thiophene rings is 1. The second kappa shape index (κ2) is 3.26. The molecule has 0 fully saturated rings. The van der Waals surface area contributed by atoms with E-state index >= 15 is 0 Å². The number of rotatable bonds is 2. The number of carbonyl (C=O) groups is 1. The second-order valence-corrected chi connectivity index (χ2v) is 3.77. The molecule has 0 aromatic carbocycles. The van der Waals surface area contributed by atoms with Crippen LogP contribution in [0.4, 0.5) is 0 Å². The number of hydrogen-bond acceptors (Lipinski definition) is 4. The Labute approximate surface area is 84.3 Å². The minimum Gasteiger partial charge on any atom is -0.364 e. The van der Waals surface area contributed by atoms with E-state index in [2.05, 4.69) is 5.16 Å². The molecule has 0 unspecified atom stereocenters. The van der Waals surface area contributed by atoms with Crippen LogP contribution in [0, 0.1) is 6.92 Å². The minimum absolute atomic E-state index is 0.202. The van der Waals surface area contributed by atoms with Crippen molar-refractivity contribution >= 4 is 17.2 Å². The number of carbonyl (C=O) groups excluding carboxylic acids is 1. The van der Waals surface area contributed by atoms with Gasteiger partial charge in [-0.05, 0) is 18.4 Å². The topological polar surface area (TPSA) is 69.1 Å². The summed E-state index contributed by atoms with van der Waals surface area (Å²) in [6.45, 7) is 1.77. The van der Waals surface area contributed by atoms with Gasteiger partial charge in [0, 0.05) is 5.56 Å². The van der Waals surface area contributed by atoms with Crippen LogP contribution in [0.25, 0.3) is 10.6 Å². The van der Waals surface area contributed by atoms with E-state index in [-0.39, 0.29) is 5.69 Å². The van der Waals surface area contributed by atoms with Gasteiger partial charge >= 0.3 is 0 Å². The van der Waals surface area contributed by atoms with Gasteiger partial charge in [-0.1, -0.05) is 11.2 Å². The Kier molecular flexibility index (Phi) is 2.09. The van der Waals surface area contributed by atoms with Crippen molar-refractivity contribution in [2.75, 3.05) is 0 Å². The van der Waals surface area contributed by atoms with E-state index in [1.54, 1.807) is 6.92 Å². The van der Waals surface area contributed by atoms with Crippen LogP contribution in [0.3, 0.4) is 0 Å². The van der Waals surface area contributed by atoms with Crippen molar-refractivity contribution in [3.63, 3.8) is 0 Å². The molecule has 0 saturated heterocycles. The first kappa shape index (κ1) is 8.96. The van der Waals surface area contributed by atoms with Crippen LogP contribution in [0.2, 0.25) is 0 Å². The SMILES string of the molecule is Cc1c(C(N)=O)noc1-c1cccs1. The van der Waals surface area contributed by atoms with Gasteiger partial charge in [0.05, 0.1) is 4.88 Å². The van der Waals surface area contributed by atoms with Crippen molar-refractivity contribution in [2.24, 2.45) is 5.73 Å². The lowest BCUT2D eigenvalue weighted by atomic mass is 10.2. The van der Waals surface area contributed by atoms with E-state index in [9.17, 15) is 4.79 Å². The molecule has 0 spiro atoms. The Balaban J connectivity index is 2.52. The number of hydrogen-bond donors (Lipinski definition) is 1. The molecule has 2 heterocycles. The standard InChI is InChI=1S/C9H8N2O2S/c1-5-7(9(10)12)11-13-8(5)6-3-2-4-14-6/h2-4H,1H3,(H2,10,12). The van der Waals surface area contributed by atoms with Crippen LogP contribution in [-0.4, -0.2) is 11.1 Å². The minimum atomic E-state index is -0.561. The molecule has 5 heteroatoms. The summed E-state index contributed by atoms with van der Waals surface area (Å²) < 4.78 is 5.06. The van der Waals surface area contributed by atoms with Crippen molar-refractivity contribution in [1.29, 1.82) is 0 Å². The average Bonchev–Trinajstić information content (AvgIpc) is 2.71. The molecular formula is C9H8N2O2S. The Bertz CT molecular complexity index is 459. The summed E-state index contributed by atoms with van der Waals surface area (Å²) in [6.07, 6.45) is 0. The molecule has 2 N–H and O–H groups in total. The van der Waals surface area contributed by atoms with Gasteiger partial charge in [-0.3, -0.25) is 4.79 Å². The van der Waals surface area contributed by atoms with Crippen LogP contribution in [0.15, 0.2) is 22.0 Å². The molecule has 72 valence electrons. The molecule has 2 aromatic rings. The van der Waals surface area contributed by atoms with Crippen LogP contribution >= 0.6 is 11.3 Å². The van der Waals surface area contributed by atoms with E-state index in [4.69, 9.17) is 10.3 Å². The van der Waals surface area contributed by atoms with Crippen molar-refractivity contribution in [1.82, 2.24) is 5.16 Å². The van der Waals surface area contributed by atoms with Crippen LogP contribution < -0.4 is 5.73 Å². The fraction of sp³-hybridized carbons (Fsp3) is 0.111. The third-order valence-electron chi connectivity index (χ3n) is 1.90. The highest BCUT2D eigenvalue weighted by Crippen LogP contribution is 2.29. The maximum atomic E-state index is 10.9. The molecule has 0 aliphatic carbocycles. The summed E-state index contributed by atoms with van der Waals surface area (Å²) in [7, 11) is 0. The molecule has 0 atom stereocenters. The first-order chi connectivity index (χ1) is 6.70. The summed E-state index contributed by atoms with van der Waals surface area (Å²) >= 11 is 1.53. The fourth-order valence-corrected chi connectivity index (χ4v) is 1.96. The maximum Gasteiger partial charge on any atom is 0.271 e. The molecule has 0 aliphatic rings. The first-order valence-corrected chi connectivity index (χ1v) is 4.88. The molecule has 2 aromatic heterocycles. The smallest absolute Gasteiger partial charge is 0.271 e. The monoisotopic (exact) mass is 208 g/mol. The molecule has 0 radical (unpaired) electrons. The van der Waals surface area contributed by atoms with Crippen LogP contribution in [0.5, 0.6) is 0 Å². The summed E-state index contributed by atoms with van der Waals surface area (Å²) in [5, 5.41) is 5.56. The molecule has 4 nitrogen and oxygen atoms in total. The number of aromatic nitrogens is 1. The van der Waals surface area contributed by atoms with Gasteiger partial charge in [-0.25, -0.2) is 0 Å². The highest BCUT2D eigenvalue weighted by atomic mass is 32.1. The van der Waals surface area contributed by atoms with Crippen LogP contribution in [-0.2, 0) is 0 Å². The van der Waals surface area contributed by atoms with E-state index in [1.807, 2.05) is 17.5 Å². The van der Waals surface area contributed by atoms with Gasteiger partial charge < -0.3 is 10.3 Å². The second-order valence-electron chi connectivity index (χ2n) is 2.83. The zero-order chi connectivity index (χ0) is 10.1. The number of primary amides is 1. The summed E-state index contributed by atoms with van der Waals surface area (Å²) in [5.41, 5.74) is 6.02. The summed E-state index contributed by atoms with van der Waals surface area (Å²) in [4.78, 5) is 11.9. The quantitative estimate of drug-likeness (QED) is 0.818. The van der Waals surface area contributed by atoms with Gasteiger partial charge in [0.1, 0.15) is 0 Å². The predicted molar refractivity (Wildman–Crippen MR) is 53.1 cm³/mol. The molecule has 14 heavy (non-hydrogen) atoms. The highest BCUT2D eigenvalue weighted by molar-refractivity contribution is 7.13. The number of amides is 1. The van der Waals surface area contributed by atoms with Gasteiger partial charge in [0.15, 0.2) is 11.5 Å². The lowest BCUT2D eigenvalue weighted by Crippen LogP contribution is -2.12. The van der Waals surface area contributed by atoms with Crippen molar-refractivity contribution in [3.05, 3.63) is 28.8 Å². The van der Waals surface area contributed by atoms with Gasteiger partial charge in [0.2, 0.25) is 0 Å². The van der Waals surface area contributed by atoms with Gasteiger partial charge in [0.25, 0.3) is 5.91 Å². The molecular weight excluding hydrogens is 200 g/mol. The van der Waals surface area contributed by atoms with Crippen molar-refractivity contribution in [2.45, 2.75) is 6.92 Å². The first-order valence-electron chi connectivity index (χ1n) is 4.00. The highest BCUT2D eigenvalue weighted by Gasteiger charge is 2.17. The fourth-order valence-electron chi connectivity index (χ4n) is 1.20. The molecule has 0 aliphatic heterocycles. The number of nitrogens with zero attached hydrogens (tertiary/aromatic N) is 1. The average molecular weight is 208 g/mol. The Morgan fingerprint density at radius 1 is 1.64 bits per heavy atom.